The van der Waals surface area contributed by atoms with Crippen LogP contribution < -0.4 is 31.9 Å². The Balaban J connectivity index is 2.36. The van der Waals surface area contributed by atoms with Crippen LogP contribution in [0.1, 0.15) is 39.7 Å². The molecule has 0 radical (unpaired) electrons. The Morgan fingerprint density at radius 3 is 1.94 bits per heavy atom. The van der Waals surface area contributed by atoms with Gasteiger partial charge < -0.3 is 50.8 Å². The van der Waals surface area contributed by atoms with Crippen LogP contribution in [0.15, 0.2) is 24.3 Å². The predicted molar refractivity (Wildman–Crippen MR) is 181 cm³/mol. The van der Waals surface area contributed by atoms with Crippen LogP contribution in [0.5, 0.6) is 0 Å². The second kappa shape index (κ2) is 24.5. The lowest BCUT2D eigenvalue weighted by Gasteiger charge is -2.24. The maximum atomic E-state index is 12.9. The maximum absolute atomic E-state index is 12.9. The van der Waals surface area contributed by atoms with Crippen molar-refractivity contribution in [2.24, 2.45) is 5.92 Å². The number of ether oxygens (including phenoxy) is 4. The van der Waals surface area contributed by atoms with Crippen LogP contribution in [0.4, 0.5) is 15.3 Å². The molecule has 0 bridgehead atoms. The van der Waals surface area contributed by atoms with Crippen LogP contribution in [0, 0.1) is 5.92 Å². The highest BCUT2D eigenvalue weighted by Crippen LogP contribution is 2.11. The van der Waals surface area contributed by atoms with E-state index in [1.54, 1.807) is 45.0 Å². The van der Waals surface area contributed by atoms with E-state index < -0.39 is 36.1 Å². The van der Waals surface area contributed by atoms with Gasteiger partial charge in [-0.3, -0.25) is 19.2 Å². The van der Waals surface area contributed by atoms with E-state index in [1.165, 1.54) is 6.92 Å². The molecule has 0 aromatic heterocycles. The zero-order valence-electron chi connectivity index (χ0n) is 27.3. The average Bonchev–Trinajstić information content (AvgIpc) is 3.04. The van der Waals surface area contributed by atoms with Crippen LogP contribution in [0.25, 0.3) is 0 Å². The second-order valence-corrected chi connectivity index (χ2v) is 11.1. The Morgan fingerprint density at radius 1 is 0.723 bits per heavy atom. The summed E-state index contributed by atoms with van der Waals surface area (Å²) in [6, 6.07) is 4.84. The van der Waals surface area contributed by atoms with Gasteiger partial charge in [-0.25, -0.2) is 9.59 Å². The highest BCUT2D eigenvalue weighted by Gasteiger charge is 2.27. The third kappa shape index (κ3) is 19.5. The Bertz CT molecular complexity index is 1140. The summed E-state index contributed by atoms with van der Waals surface area (Å²) in [5.74, 6) is -1.63. The first-order valence-electron chi connectivity index (χ1n) is 15.3. The number of hydrogen-bond acceptors (Lipinski definition) is 10. The number of alkyl halides is 1. The summed E-state index contributed by atoms with van der Waals surface area (Å²) >= 11 is 1.97. The predicted octanol–water partition coefficient (Wildman–Crippen LogP) is 1.22. The molecule has 0 saturated heterocycles. The van der Waals surface area contributed by atoms with E-state index in [2.05, 4.69) is 31.9 Å². The molecule has 2 unspecified atom stereocenters. The largest absolute Gasteiger partial charge is 0.450 e. The summed E-state index contributed by atoms with van der Waals surface area (Å²) < 4.78 is 21.0. The van der Waals surface area contributed by atoms with Crippen molar-refractivity contribution < 1.29 is 47.7 Å². The monoisotopic (exact) mass is 778 g/mol. The number of hydrogen-bond donors (Lipinski definition) is 6. The zero-order valence-corrected chi connectivity index (χ0v) is 29.4. The first-order valence-corrected chi connectivity index (χ1v) is 16.8. The Kier molecular flexibility index (Phi) is 21.5. The van der Waals surface area contributed by atoms with Gasteiger partial charge in [0.05, 0.1) is 37.5 Å². The average molecular weight is 779 g/mol. The molecule has 0 aliphatic heterocycles. The summed E-state index contributed by atoms with van der Waals surface area (Å²) in [7, 11) is 0. The van der Waals surface area contributed by atoms with Crippen molar-refractivity contribution in [2.75, 3.05) is 62.4 Å². The van der Waals surface area contributed by atoms with Gasteiger partial charge in [-0.05, 0) is 37.5 Å². The minimum Gasteiger partial charge on any atom is -0.450 e. The normalized spacial score (nSPS) is 11.9. The third-order valence-electron chi connectivity index (χ3n) is 6.08. The van der Waals surface area contributed by atoms with Crippen LogP contribution in [-0.4, -0.2) is 105 Å². The summed E-state index contributed by atoms with van der Waals surface area (Å²) in [5, 5.41) is 15.7. The third-order valence-corrected chi connectivity index (χ3v) is 6.78. The standard InChI is InChI=1S/C30H47IN6O10/c1-5-46-29(42)33-11-12-34-30(43)47-19-22-6-8-23(9-7-22)36-27(40)21(4)35-28(41)26(20(2)3)37-24(38)10-14-44-16-17-45-15-13-32-25(39)18-31/h6-9,20-21,26H,5,10-19H2,1-4H3,(H,32,39)(H,33,42)(H,34,43)(H,35,41)(H,36,40)(H,37,38). The minimum atomic E-state index is -0.899. The van der Waals surface area contributed by atoms with E-state index >= 15 is 0 Å². The summed E-state index contributed by atoms with van der Waals surface area (Å²) in [6.45, 7) is 8.88. The number of carbonyl (C=O) groups excluding carboxylic acids is 6. The summed E-state index contributed by atoms with van der Waals surface area (Å²) in [6.07, 6.45) is -1.19. The molecule has 0 aliphatic rings. The van der Waals surface area contributed by atoms with Crippen LogP contribution in [-0.2, 0) is 44.7 Å². The molecule has 17 heteroatoms. The number of alkyl carbamates (subject to hydrolysis) is 2. The molecule has 1 rings (SSSR count). The van der Waals surface area contributed by atoms with E-state index in [-0.39, 0.29) is 63.7 Å². The molecule has 2 atom stereocenters. The SMILES string of the molecule is CCOC(=O)NCCNC(=O)OCc1ccc(NC(=O)C(C)NC(=O)C(NC(=O)CCOCCOCCNC(=O)CI)C(C)C)cc1. The number of carbonyl (C=O) groups is 6. The van der Waals surface area contributed by atoms with E-state index in [1.807, 2.05) is 22.6 Å². The fraction of sp³-hybridized carbons (Fsp3) is 0.600. The summed E-state index contributed by atoms with van der Waals surface area (Å²) in [4.78, 5) is 72.2. The number of amides is 6. The molecule has 264 valence electrons. The van der Waals surface area contributed by atoms with Gasteiger partial charge in [0.25, 0.3) is 0 Å². The van der Waals surface area contributed by atoms with Gasteiger partial charge in [-0.15, -0.1) is 0 Å². The number of nitrogens with one attached hydrogen (secondary N) is 6. The fourth-order valence-electron chi connectivity index (χ4n) is 3.59. The van der Waals surface area contributed by atoms with E-state index in [0.29, 0.717) is 35.4 Å². The van der Waals surface area contributed by atoms with Gasteiger partial charge in [0.2, 0.25) is 23.6 Å². The minimum absolute atomic E-state index is 0.0123. The molecule has 16 nitrogen and oxygen atoms in total. The molecule has 0 saturated carbocycles. The number of anilines is 1. The first kappa shape index (κ1) is 41.3. The van der Waals surface area contributed by atoms with Crippen molar-refractivity contribution in [3.8, 4) is 0 Å². The fourth-order valence-corrected chi connectivity index (χ4v) is 3.86. The Hall–Kier alpha value is -3.71. The molecule has 6 N–H and O–H groups in total. The zero-order chi connectivity index (χ0) is 35.0. The molecule has 47 heavy (non-hydrogen) atoms. The maximum Gasteiger partial charge on any atom is 0.407 e. The lowest BCUT2D eigenvalue weighted by atomic mass is 10.0. The van der Waals surface area contributed by atoms with Gasteiger partial charge in [-0.1, -0.05) is 48.6 Å². The van der Waals surface area contributed by atoms with Crippen molar-refractivity contribution >= 4 is 64.1 Å². The molecule has 0 fully saturated rings. The second-order valence-electron chi connectivity index (χ2n) is 10.3. The molecular formula is C30H47IN6O10. The molecule has 6 amide bonds. The van der Waals surface area contributed by atoms with Crippen molar-refractivity contribution in [1.82, 2.24) is 26.6 Å². The lowest BCUT2D eigenvalue weighted by molar-refractivity contribution is -0.132. The molecule has 0 heterocycles. The van der Waals surface area contributed by atoms with Crippen molar-refractivity contribution in [3.05, 3.63) is 29.8 Å². The van der Waals surface area contributed by atoms with E-state index in [4.69, 9.17) is 18.9 Å². The van der Waals surface area contributed by atoms with E-state index in [9.17, 15) is 28.8 Å². The molecule has 1 aromatic rings. The molecule has 0 aliphatic carbocycles. The van der Waals surface area contributed by atoms with Gasteiger partial charge >= 0.3 is 12.2 Å². The molecular weight excluding hydrogens is 731 g/mol. The van der Waals surface area contributed by atoms with Gasteiger partial charge in [0.1, 0.15) is 18.7 Å². The lowest BCUT2D eigenvalue weighted by Crippen LogP contribution is -2.53. The quantitative estimate of drug-likeness (QED) is 0.0563. The van der Waals surface area contributed by atoms with Crippen LogP contribution in [0.3, 0.4) is 0 Å². The highest BCUT2D eigenvalue weighted by molar-refractivity contribution is 14.1. The Labute approximate surface area is 288 Å². The highest BCUT2D eigenvalue weighted by atomic mass is 127. The number of benzene rings is 1. The van der Waals surface area contributed by atoms with Crippen molar-refractivity contribution in [1.29, 1.82) is 0 Å². The molecule has 1 aromatic carbocycles. The van der Waals surface area contributed by atoms with Crippen LogP contribution in [0.2, 0.25) is 0 Å². The molecule has 0 spiro atoms. The van der Waals surface area contributed by atoms with E-state index in [0.717, 1.165) is 0 Å². The smallest absolute Gasteiger partial charge is 0.407 e. The van der Waals surface area contributed by atoms with Gasteiger partial charge in [-0.2, -0.15) is 0 Å². The van der Waals surface area contributed by atoms with Crippen molar-refractivity contribution in [2.45, 2.75) is 52.8 Å². The summed E-state index contributed by atoms with van der Waals surface area (Å²) in [5.41, 5.74) is 1.14. The number of halogens is 1. The Morgan fingerprint density at radius 2 is 1.34 bits per heavy atom. The number of rotatable bonds is 22. The van der Waals surface area contributed by atoms with Gasteiger partial charge in [0.15, 0.2) is 0 Å². The van der Waals surface area contributed by atoms with Crippen molar-refractivity contribution in [3.63, 3.8) is 0 Å². The van der Waals surface area contributed by atoms with Gasteiger partial charge in [0, 0.05) is 31.7 Å². The topological polar surface area (TPSA) is 212 Å². The first-order chi connectivity index (χ1) is 22.5. The van der Waals surface area contributed by atoms with Crippen LogP contribution >= 0.6 is 22.6 Å².